The number of methoxy groups -OCH3 is 1. The van der Waals surface area contributed by atoms with Gasteiger partial charge in [-0.3, -0.25) is 4.72 Å². The molecular formula is C27H19NO5S. The summed E-state index contributed by atoms with van der Waals surface area (Å²) >= 11 is 0. The summed E-state index contributed by atoms with van der Waals surface area (Å²) in [6.45, 7) is 0. The number of phenolic OH excluding ortho intramolecular Hbond substituents is 2. The molecule has 3 N–H and O–H groups in total. The van der Waals surface area contributed by atoms with E-state index in [0.717, 1.165) is 0 Å². The third kappa shape index (κ3) is 3.60. The van der Waals surface area contributed by atoms with E-state index in [4.69, 9.17) is 4.74 Å². The maximum absolute atomic E-state index is 13.2. The van der Waals surface area contributed by atoms with Gasteiger partial charge in [-0.2, -0.15) is 0 Å². The number of rotatable bonds is 5. The van der Waals surface area contributed by atoms with Crippen molar-refractivity contribution in [3.05, 3.63) is 91.0 Å². The molecule has 7 heteroatoms. The molecule has 6 nitrogen and oxygen atoms in total. The molecule has 0 spiro atoms. The van der Waals surface area contributed by atoms with Crippen LogP contribution < -0.4 is 9.46 Å². The van der Waals surface area contributed by atoms with Gasteiger partial charge >= 0.3 is 0 Å². The number of ether oxygens (including phenoxy) is 1. The number of aromatic hydroxyl groups is 2. The molecule has 0 saturated heterocycles. The summed E-state index contributed by atoms with van der Waals surface area (Å²) in [5.41, 5.74) is 0.923. The van der Waals surface area contributed by atoms with E-state index in [1.807, 2.05) is 0 Å². The minimum atomic E-state index is -3.96. The number of phenols is 2. The van der Waals surface area contributed by atoms with E-state index in [1.165, 1.54) is 31.4 Å². The van der Waals surface area contributed by atoms with Crippen molar-refractivity contribution in [2.75, 3.05) is 11.8 Å². The van der Waals surface area contributed by atoms with Crippen molar-refractivity contribution in [2.24, 2.45) is 0 Å². The molecular weight excluding hydrogens is 450 g/mol. The van der Waals surface area contributed by atoms with Gasteiger partial charge in [0.1, 0.15) is 17.2 Å². The van der Waals surface area contributed by atoms with E-state index in [2.05, 4.69) is 16.9 Å². The normalized spacial score (nSPS) is 11.3. The Labute approximate surface area is 196 Å². The smallest absolute Gasteiger partial charge is 0.261 e. The highest BCUT2D eigenvalue weighted by Crippen LogP contribution is 2.46. The first kappa shape index (κ1) is 21.4. The van der Waals surface area contributed by atoms with Crippen molar-refractivity contribution in [3.8, 4) is 28.4 Å². The van der Waals surface area contributed by atoms with Gasteiger partial charge in [0, 0.05) is 32.7 Å². The quantitative estimate of drug-likeness (QED) is 0.296. The molecule has 5 rings (SSSR count). The number of hydrogen-bond acceptors (Lipinski definition) is 5. The van der Waals surface area contributed by atoms with Crippen LogP contribution in [0.1, 0.15) is 0 Å². The van der Waals surface area contributed by atoms with Crippen molar-refractivity contribution in [1.29, 1.82) is 0 Å². The highest BCUT2D eigenvalue weighted by Gasteiger charge is 2.21. The summed E-state index contributed by atoms with van der Waals surface area (Å²) < 4.78 is 34.1. The summed E-state index contributed by atoms with van der Waals surface area (Å²) in [7, 11) is -2.45. The number of benzene rings is 4. The van der Waals surface area contributed by atoms with Crippen LogP contribution in [0, 0.1) is 12.1 Å². The number of hydrogen-bond donors (Lipinski definition) is 3. The molecule has 168 valence electrons. The lowest BCUT2D eigenvalue weighted by Gasteiger charge is -2.17. The number of sulfonamides is 1. The van der Waals surface area contributed by atoms with Crippen LogP contribution in [0.15, 0.2) is 83.8 Å². The van der Waals surface area contributed by atoms with Crippen LogP contribution in [0.4, 0.5) is 5.69 Å². The molecule has 0 saturated carbocycles. The van der Waals surface area contributed by atoms with E-state index in [0.29, 0.717) is 32.9 Å². The van der Waals surface area contributed by atoms with Crippen LogP contribution in [0.3, 0.4) is 0 Å². The Morgan fingerprint density at radius 2 is 1.62 bits per heavy atom. The van der Waals surface area contributed by atoms with Crippen LogP contribution in [-0.4, -0.2) is 25.7 Å². The molecule has 0 amide bonds. The second-order valence-corrected chi connectivity index (χ2v) is 9.35. The Morgan fingerprint density at radius 3 is 2.35 bits per heavy atom. The van der Waals surface area contributed by atoms with Crippen molar-refractivity contribution in [1.82, 2.24) is 0 Å². The Morgan fingerprint density at radius 1 is 0.882 bits per heavy atom. The zero-order valence-electron chi connectivity index (χ0n) is 18.0. The first-order chi connectivity index (χ1) is 16.4. The zero-order chi connectivity index (χ0) is 23.9. The minimum Gasteiger partial charge on any atom is -0.507 e. The van der Waals surface area contributed by atoms with Crippen molar-refractivity contribution < 1.29 is 23.4 Å². The fourth-order valence-corrected chi connectivity index (χ4v) is 5.08. The second-order valence-electron chi connectivity index (χ2n) is 7.67. The molecule has 0 aliphatic heterocycles. The molecule has 0 atom stereocenters. The van der Waals surface area contributed by atoms with E-state index in [-0.39, 0.29) is 27.6 Å². The standard InChI is InChI=1S/C27H19NO5S/c1-33-18-11-13-19(14-12-18)34(31,32)28-24-16-23(27(30)22-9-5-4-8-21(22)24)26-20-7-3-2-6-17(20)10-15-25(26)29/h3-5,7-16,28-30H,1H3. The second kappa shape index (κ2) is 8.18. The zero-order valence-corrected chi connectivity index (χ0v) is 18.8. The van der Waals surface area contributed by atoms with Crippen LogP contribution in [-0.2, 0) is 10.0 Å². The van der Waals surface area contributed by atoms with Crippen LogP contribution in [0.25, 0.3) is 32.7 Å². The lowest BCUT2D eigenvalue weighted by atomic mass is 9.94. The Balaban J connectivity index is 1.73. The SMILES string of the molecule is COc1ccc(S(=O)(=O)Nc2cc(-c3c(O)ccc4c#cccc34)c(O)c3ccccc23)cc1. The van der Waals surface area contributed by atoms with Gasteiger partial charge < -0.3 is 14.9 Å². The molecule has 5 aromatic rings. The summed E-state index contributed by atoms with van der Waals surface area (Å²) in [5, 5.41) is 24.2. The lowest BCUT2D eigenvalue weighted by Crippen LogP contribution is -2.13. The fourth-order valence-electron chi connectivity index (χ4n) is 4.01. The predicted octanol–water partition coefficient (Wildman–Crippen LogP) is 5.48. The van der Waals surface area contributed by atoms with Crippen LogP contribution >= 0.6 is 0 Å². The topological polar surface area (TPSA) is 95.9 Å². The molecule has 5 aromatic carbocycles. The summed E-state index contributed by atoms with van der Waals surface area (Å²) in [6, 6.07) is 27.0. The van der Waals surface area contributed by atoms with Gasteiger partial charge in [0.2, 0.25) is 0 Å². The van der Waals surface area contributed by atoms with Gasteiger partial charge in [0.25, 0.3) is 10.0 Å². The number of fused-ring (bicyclic) bond motifs is 2. The van der Waals surface area contributed by atoms with Gasteiger partial charge in [-0.1, -0.05) is 36.4 Å². The molecule has 0 aromatic heterocycles. The van der Waals surface area contributed by atoms with E-state index in [1.54, 1.807) is 54.6 Å². The highest BCUT2D eigenvalue weighted by atomic mass is 32.2. The van der Waals surface area contributed by atoms with Gasteiger partial charge in [-0.05, 0) is 54.6 Å². The Bertz CT molecular complexity index is 1640. The average molecular weight is 470 g/mol. The highest BCUT2D eigenvalue weighted by molar-refractivity contribution is 7.92. The molecule has 0 aliphatic carbocycles. The van der Waals surface area contributed by atoms with Crippen molar-refractivity contribution in [2.45, 2.75) is 4.90 Å². The Hall–Kier alpha value is -4.41. The average Bonchev–Trinajstić information content (AvgIpc) is 2.86. The number of nitrogens with one attached hydrogen (secondary N) is 1. The molecule has 34 heavy (non-hydrogen) atoms. The predicted molar refractivity (Wildman–Crippen MR) is 132 cm³/mol. The molecule has 0 bridgehead atoms. The minimum absolute atomic E-state index is 0.0540. The van der Waals surface area contributed by atoms with E-state index >= 15 is 0 Å². The maximum Gasteiger partial charge on any atom is 0.261 e. The first-order valence-corrected chi connectivity index (χ1v) is 11.8. The molecule has 0 heterocycles. The van der Waals surface area contributed by atoms with Crippen LogP contribution in [0.2, 0.25) is 0 Å². The van der Waals surface area contributed by atoms with Crippen LogP contribution in [0.5, 0.6) is 17.2 Å². The largest absolute Gasteiger partial charge is 0.507 e. The maximum atomic E-state index is 13.2. The van der Waals surface area contributed by atoms with E-state index in [9.17, 15) is 18.6 Å². The molecule has 0 unspecified atom stereocenters. The monoisotopic (exact) mass is 469 g/mol. The van der Waals surface area contributed by atoms with Gasteiger partial charge in [-0.25, -0.2) is 8.42 Å². The summed E-state index contributed by atoms with van der Waals surface area (Å²) in [4.78, 5) is 0.0603. The van der Waals surface area contributed by atoms with Gasteiger partial charge in [0.05, 0.1) is 17.7 Å². The summed E-state index contributed by atoms with van der Waals surface area (Å²) in [6.07, 6.45) is 0. The molecule has 0 radical (unpaired) electrons. The summed E-state index contributed by atoms with van der Waals surface area (Å²) in [5.74, 6) is 0.414. The Kier molecular flexibility index (Phi) is 5.16. The third-order valence-corrected chi connectivity index (χ3v) is 7.04. The number of anilines is 1. The van der Waals surface area contributed by atoms with Crippen molar-refractivity contribution >= 4 is 37.3 Å². The van der Waals surface area contributed by atoms with Gasteiger partial charge in [-0.15, -0.1) is 0 Å². The van der Waals surface area contributed by atoms with E-state index < -0.39 is 10.0 Å². The molecule has 0 fully saturated rings. The first-order valence-electron chi connectivity index (χ1n) is 10.3. The lowest BCUT2D eigenvalue weighted by molar-refractivity contribution is 0.414. The third-order valence-electron chi connectivity index (χ3n) is 5.66. The fraction of sp³-hybridized carbons (Fsp3) is 0.0370. The molecule has 0 aliphatic rings. The van der Waals surface area contributed by atoms with Gasteiger partial charge in [0.15, 0.2) is 0 Å². The van der Waals surface area contributed by atoms with Crippen molar-refractivity contribution in [3.63, 3.8) is 0 Å².